The maximum Gasteiger partial charge on any atom is 0.254 e. The lowest BCUT2D eigenvalue weighted by atomic mass is 9.84. The van der Waals surface area contributed by atoms with Crippen LogP contribution in [-0.2, 0) is 19.5 Å². The van der Waals surface area contributed by atoms with E-state index in [-0.39, 0.29) is 5.91 Å². The minimum absolute atomic E-state index is 0.108. The summed E-state index contributed by atoms with van der Waals surface area (Å²) in [7, 11) is 0. The molecule has 0 radical (unpaired) electrons. The first-order valence-electron chi connectivity index (χ1n) is 13.9. The van der Waals surface area contributed by atoms with Gasteiger partial charge in [0.15, 0.2) is 0 Å². The molecule has 38 heavy (non-hydrogen) atoms. The molecular weight excluding hydrogens is 494 g/mol. The average Bonchev–Trinajstić information content (AvgIpc) is 3.39. The molecule has 0 spiro atoms. The molecule has 3 aromatic rings. The smallest absolute Gasteiger partial charge is 0.254 e. The number of amides is 1. The Morgan fingerprint density at radius 2 is 1.76 bits per heavy atom. The second-order valence-electron chi connectivity index (χ2n) is 10.7. The van der Waals surface area contributed by atoms with E-state index in [1.54, 1.807) is 0 Å². The summed E-state index contributed by atoms with van der Waals surface area (Å²) in [5, 5.41) is 9.66. The molecule has 1 aromatic heterocycles. The number of halogens is 1. The number of hydrogen-bond donors (Lipinski definition) is 0. The number of aromatic nitrogens is 2. The zero-order valence-corrected chi connectivity index (χ0v) is 22.7. The van der Waals surface area contributed by atoms with Gasteiger partial charge in [0.2, 0.25) is 0 Å². The lowest BCUT2D eigenvalue weighted by Crippen LogP contribution is -2.48. The summed E-state index contributed by atoms with van der Waals surface area (Å²) in [6.45, 7) is 4.58. The Hall–Kier alpha value is -3.14. The van der Waals surface area contributed by atoms with Crippen molar-refractivity contribution in [3.05, 3.63) is 88.0 Å². The highest BCUT2D eigenvalue weighted by Gasteiger charge is 2.25. The first-order chi connectivity index (χ1) is 18.6. The third kappa shape index (κ3) is 6.64. The summed E-state index contributed by atoms with van der Waals surface area (Å²) in [6, 6.07) is 15.7. The van der Waals surface area contributed by atoms with Crippen LogP contribution in [0.15, 0.2) is 55.0 Å². The van der Waals surface area contributed by atoms with Crippen LogP contribution >= 0.6 is 11.6 Å². The number of nitriles is 1. The van der Waals surface area contributed by atoms with E-state index >= 15 is 0 Å². The normalized spacial score (nSPS) is 16.9. The summed E-state index contributed by atoms with van der Waals surface area (Å²) in [5.74, 6) is 0.896. The number of carbonyl (C=O) groups is 1. The largest absolute Gasteiger partial charge is 0.336 e. The quantitative estimate of drug-likeness (QED) is 0.363. The highest BCUT2D eigenvalue weighted by atomic mass is 35.5. The van der Waals surface area contributed by atoms with Crippen molar-refractivity contribution in [1.29, 1.82) is 5.26 Å². The molecule has 1 saturated carbocycles. The van der Waals surface area contributed by atoms with Gasteiger partial charge in [0, 0.05) is 56.1 Å². The lowest BCUT2D eigenvalue weighted by Gasteiger charge is -2.35. The topological polar surface area (TPSA) is 65.2 Å². The number of rotatable bonds is 8. The average molecular weight is 530 g/mol. The maximum absolute atomic E-state index is 13.6. The highest BCUT2D eigenvalue weighted by Crippen LogP contribution is 2.29. The first kappa shape index (κ1) is 26.5. The second kappa shape index (κ2) is 12.6. The van der Waals surface area contributed by atoms with Crippen molar-refractivity contribution in [3.63, 3.8) is 0 Å². The SMILES string of the molecule is N#Cc1ccc(Cn2cncc2CN2CCN(C(=O)c3cc(Cl)ccc3CCC3CCCCC3)CC2)cc1. The Morgan fingerprint density at radius 3 is 2.50 bits per heavy atom. The number of hydrogen-bond acceptors (Lipinski definition) is 4. The zero-order chi connectivity index (χ0) is 26.3. The Balaban J connectivity index is 1.17. The fraction of sp³-hybridized carbons (Fsp3) is 0.452. The molecule has 1 saturated heterocycles. The zero-order valence-electron chi connectivity index (χ0n) is 22.0. The molecule has 0 bridgehead atoms. The maximum atomic E-state index is 13.6. The Labute approximate surface area is 230 Å². The molecule has 0 N–H and O–H groups in total. The van der Waals surface area contributed by atoms with Crippen molar-refractivity contribution in [2.75, 3.05) is 26.2 Å². The summed E-state index contributed by atoms with van der Waals surface area (Å²) in [6.07, 6.45) is 12.6. The Kier molecular flexibility index (Phi) is 8.78. The Bertz CT molecular complexity index is 1260. The monoisotopic (exact) mass is 529 g/mol. The molecule has 1 aliphatic carbocycles. The van der Waals surface area contributed by atoms with E-state index in [0.717, 1.165) is 67.3 Å². The van der Waals surface area contributed by atoms with Crippen LogP contribution in [0.1, 0.15) is 71.3 Å². The van der Waals surface area contributed by atoms with E-state index in [0.29, 0.717) is 23.7 Å². The van der Waals surface area contributed by atoms with Crippen LogP contribution in [-0.4, -0.2) is 51.4 Å². The number of nitrogens with zero attached hydrogens (tertiary/aromatic N) is 5. The number of piperazine rings is 1. The van der Waals surface area contributed by atoms with Gasteiger partial charge in [-0.05, 0) is 54.2 Å². The van der Waals surface area contributed by atoms with Crippen LogP contribution in [0.5, 0.6) is 0 Å². The first-order valence-corrected chi connectivity index (χ1v) is 14.2. The molecular formula is C31H36ClN5O. The van der Waals surface area contributed by atoms with Gasteiger partial charge in [0.25, 0.3) is 5.91 Å². The molecule has 0 atom stereocenters. The standard InChI is InChI=1S/C31H36ClN5O/c32-28-13-12-27(11-10-24-4-2-1-3-5-24)30(18-28)31(38)36-16-14-35(15-17-36)22-29-20-34-23-37(29)21-26-8-6-25(19-33)7-9-26/h6-9,12-13,18,20,23-24H,1-5,10-11,14-17,21-22H2. The molecule has 5 rings (SSSR count). The molecule has 2 aromatic carbocycles. The molecule has 2 aliphatic rings. The molecule has 2 heterocycles. The number of benzene rings is 2. The summed E-state index contributed by atoms with van der Waals surface area (Å²) in [4.78, 5) is 22.3. The minimum Gasteiger partial charge on any atom is -0.336 e. The van der Waals surface area contributed by atoms with E-state index in [2.05, 4.69) is 26.6 Å². The van der Waals surface area contributed by atoms with E-state index in [1.807, 2.05) is 53.8 Å². The fourth-order valence-electron chi connectivity index (χ4n) is 5.81. The summed E-state index contributed by atoms with van der Waals surface area (Å²) in [5.41, 5.74) is 4.87. The van der Waals surface area contributed by atoms with Gasteiger partial charge in [-0.2, -0.15) is 5.26 Å². The molecule has 198 valence electrons. The van der Waals surface area contributed by atoms with Crippen LogP contribution in [0.4, 0.5) is 0 Å². The Morgan fingerprint density at radius 1 is 1.00 bits per heavy atom. The van der Waals surface area contributed by atoms with Crippen LogP contribution < -0.4 is 0 Å². The van der Waals surface area contributed by atoms with E-state index in [9.17, 15) is 4.79 Å². The van der Waals surface area contributed by atoms with Crippen molar-refractivity contribution in [1.82, 2.24) is 19.4 Å². The van der Waals surface area contributed by atoms with E-state index in [1.165, 1.54) is 32.1 Å². The van der Waals surface area contributed by atoms with Crippen molar-refractivity contribution in [3.8, 4) is 6.07 Å². The molecule has 2 fully saturated rings. The van der Waals surface area contributed by atoms with Gasteiger partial charge >= 0.3 is 0 Å². The van der Waals surface area contributed by atoms with Crippen molar-refractivity contribution < 1.29 is 4.79 Å². The van der Waals surface area contributed by atoms with Gasteiger partial charge < -0.3 is 9.47 Å². The highest BCUT2D eigenvalue weighted by molar-refractivity contribution is 6.31. The van der Waals surface area contributed by atoms with E-state index in [4.69, 9.17) is 16.9 Å². The second-order valence-corrected chi connectivity index (χ2v) is 11.2. The van der Waals surface area contributed by atoms with Gasteiger partial charge in [-0.15, -0.1) is 0 Å². The minimum atomic E-state index is 0.108. The van der Waals surface area contributed by atoms with Crippen LogP contribution in [0.2, 0.25) is 5.02 Å². The van der Waals surface area contributed by atoms with Crippen molar-refractivity contribution >= 4 is 17.5 Å². The third-order valence-corrected chi connectivity index (χ3v) is 8.36. The van der Waals surface area contributed by atoms with Crippen molar-refractivity contribution in [2.24, 2.45) is 5.92 Å². The molecule has 1 aliphatic heterocycles. The third-order valence-electron chi connectivity index (χ3n) is 8.13. The van der Waals surface area contributed by atoms with Gasteiger partial charge in [-0.3, -0.25) is 9.69 Å². The van der Waals surface area contributed by atoms with Gasteiger partial charge in [0.1, 0.15) is 0 Å². The van der Waals surface area contributed by atoms with Gasteiger partial charge in [0.05, 0.1) is 23.7 Å². The molecule has 7 heteroatoms. The van der Waals surface area contributed by atoms with Crippen LogP contribution in [0, 0.1) is 17.2 Å². The number of aryl methyl sites for hydroxylation is 1. The van der Waals surface area contributed by atoms with E-state index < -0.39 is 0 Å². The van der Waals surface area contributed by atoms with Gasteiger partial charge in [-0.1, -0.05) is 61.9 Å². The number of carbonyl (C=O) groups excluding carboxylic acids is 1. The van der Waals surface area contributed by atoms with Crippen LogP contribution in [0.3, 0.4) is 0 Å². The molecule has 0 unspecified atom stereocenters. The lowest BCUT2D eigenvalue weighted by molar-refractivity contribution is 0.0624. The summed E-state index contributed by atoms with van der Waals surface area (Å²) < 4.78 is 2.16. The summed E-state index contributed by atoms with van der Waals surface area (Å²) >= 11 is 6.34. The predicted molar refractivity (Wildman–Crippen MR) is 150 cm³/mol. The number of imidazole rings is 1. The van der Waals surface area contributed by atoms with Crippen LogP contribution in [0.25, 0.3) is 0 Å². The van der Waals surface area contributed by atoms with Crippen molar-refractivity contribution in [2.45, 2.75) is 58.0 Å². The predicted octanol–water partition coefficient (Wildman–Crippen LogP) is 5.93. The van der Waals surface area contributed by atoms with Gasteiger partial charge in [-0.25, -0.2) is 4.98 Å². The fourth-order valence-corrected chi connectivity index (χ4v) is 5.99. The molecule has 1 amide bonds. The molecule has 6 nitrogen and oxygen atoms in total.